The Labute approximate surface area is 60.6 Å². The standard InChI is InChI=1S/C7H12NO2/c1-2-6(7(9)10)4-3-5-8/h6,8H,2-4H2,1H3,(H,9,10). The molecule has 0 heterocycles. The Balaban J connectivity index is 3.60. The van der Waals surface area contributed by atoms with E-state index in [1.54, 1.807) is 0 Å². The molecule has 0 fully saturated rings. The number of carbonyl (C=O) groups is 1. The van der Waals surface area contributed by atoms with E-state index in [1.807, 2.05) is 6.92 Å². The van der Waals surface area contributed by atoms with Crippen molar-refractivity contribution in [3.63, 3.8) is 0 Å². The minimum Gasteiger partial charge on any atom is -0.481 e. The fraction of sp³-hybridized carbons (Fsp3) is 0.714. The molecule has 0 saturated heterocycles. The average molecular weight is 142 g/mol. The third-order valence-electron chi connectivity index (χ3n) is 1.46. The molecule has 0 rings (SSSR count). The maximum Gasteiger partial charge on any atom is 0.306 e. The van der Waals surface area contributed by atoms with Crippen molar-refractivity contribution < 1.29 is 9.90 Å². The van der Waals surface area contributed by atoms with Gasteiger partial charge < -0.3 is 10.5 Å². The van der Waals surface area contributed by atoms with Crippen LogP contribution in [0.5, 0.6) is 0 Å². The van der Waals surface area contributed by atoms with Crippen molar-refractivity contribution in [2.45, 2.75) is 26.2 Å². The van der Waals surface area contributed by atoms with E-state index in [0.717, 1.165) is 0 Å². The van der Waals surface area contributed by atoms with Gasteiger partial charge in [0.05, 0.1) is 12.1 Å². The highest BCUT2D eigenvalue weighted by molar-refractivity contribution is 5.70. The van der Waals surface area contributed by atoms with E-state index in [1.165, 1.54) is 0 Å². The molecule has 0 bridgehead atoms. The first-order valence-corrected chi connectivity index (χ1v) is 3.34. The van der Waals surface area contributed by atoms with Gasteiger partial charge in [-0.15, -0.1) is 0 Å². The highest BCUT2D eigenvalue weighted by Crippen LogP contribution is 2.09. The van der Waals surface area contributed by atoms with Gasteiger partial charge in [0.25, 0.3) is 0 Å². The fourth-order valence-corrected chi connectivity index (χ4v) is 0.749. The number of aliphatic carboxylic acids is 1. The molecule has 0 aliphatic rings. The van der Waals surface area contributed by atoms with Crippen molar-refractivity contribution in [1.82, 2.24) is 0 Å². The minimum absolute atomic E-state index is 0.294. The van der Waals surface area contributed by atoms with Gasteiger partial charge in [0.2, 0.25) is 0 Å². The SMILES string of the molecule is CCC(CC[C]=N)C(=O)O. The summed E-state index contributed by atoms with van der Waals surface area (Å²) in [7, 11) is 0. The van der Waals surface area contributed by atoms with Gasteiger partial charge in [-0.1, -0.05) is 6.92 Å². The molecule has 0 aliphatic carbocycles. The van der Waals surface area contributed by atoms with E-state index in [9.17, 15) is 4.79 Å². The van der Waals surface area contributed by atoms with Gasteiger partial charge in [-0.25, -0.2) is 0 Å². The molecule has 1 unspecified atom stereocenters. The quantitative estimate of drug-likeness (QED) is 0.570. The Morgan fingerprint density at radius 1 is 1.80 bits per heavy atom. The normalized spacial score (nSPS) is 12.5. The zero-order chi connectivity index (χ0) is 7.98. The fourth-order valence-electron chi connectivity index (χ4n) is 0.749. The van der Waals surface area contributed by atoms with Crippen LogP contribution in [0, 0.1) is 11.3 Å². The van der Waals surface area contributed by atoms with Crippen molar-refractivity contribution in [2.75, 3.05) is 0 Å². The number of carboxylic acid groups (broad SMARTS) is 1. The van der Waals surface area contributed by atoms with Crippen molar-refractivity contribution in [3.8, 4) is 0 Å². The smallest absolute Gasteiger partial charge is 0.306 e. The summed E-state index contributed by atoms with van der Waals surface area (Å²) < 4.78 is 0. The van der Waals surface area contributed by atoms with Gasteiger partial charge in [-0.2, -0.15) is 0 Å². The summed E-state index contributed by atoms with van der Waals surface area (Å²) in [6.07, 6.45) is 3.80. The predicted molar refractivity (Wildman–Crippen MR) is 38.4 cm³/mol. The van der Waals surface area contributed by atoms with E-state index in [0.29, 0.717) is 19.3 Å². The Morgan fingerprint density at radius 2 is 2.40 bits per heavy atom. The van der Waals surface area contributed by atoms with Crippen LogP contribution in [-0.4, -0.2) is 17.3 Å². The molecule has 0 aromatic heterocycles. The largest absolute Gasteiger partial charge is 0.481 e. The molecule has 0 spiro atoms. The van der Waals surface area contributed by atoms with Crippen LogP contribution < -0.4 is 0 Å². The number of nitrogens with one attached hydrogen (secondary N) is 1. The van der Waals surface area contributed by atoms with Gasteiger partial charge in [-0.3, -0.25) is 4.79 Å². The molecule has 57 valence electrons. The summed E-state index contributed by atoms with van der Waals surface area (Å²) in [6, 6.07) is 0. The van der Waals surface area contributed by atoms with E-state index >= 15 is 0 Å². The molecule has 2 N–H and O–H groups in total. The molecule has 1 atom stereocenters. The lowest BCUT2D eigenvalue weighted by molar-refractivity contribution is -0.141. The highest BCUT2D eigenvalue weighted by atomic mass is 16.4. The lowest BCUT2D eigenvalue weighted by Crippen LogP contribution is -2.12. The number of rotatable bonds is 5. The maximum atomic E-state index is 10.3. The zero-order valence-electron chi connectivity index (χ0n) is 6.05. The number of hydrogen-bond donors (Lipinski definition) is 2. The van der Waals surface area contributed by atoms with E-state index in [2.05, 4.69) is 6.21 Å². The van der Waals surface area contributed by atoms with E-state index in [4.69, 9.17) is 10.5 Å². The summed E-state index contributed by atoms with van der Waals surface area (Å²) in [5.74, 6) is -1.06. The molecule has 3 nitrogen and oxygen atoms in total. The molecule has 1 radical (unpaired) electrons. The average Bonchev–Trinajstić information content (AvgIpc) is 1.89. The van der Waals surface area contributed by atoms with Gasteiger partial charge >= 0.3 is 5.97 Å². The summed E-state index contributed by atoms with van der Waals surface area (Å²) >= 11 is 0. The molecule has 0 aromatic carbocycles. The molecule has 0 aliphatic heterocycles. The zero-order valence-corrected chi connectivity index (χ0v) is 6.05. The molecule has 3 heteroatoms. The van der Waals surface area contributed by atoms with Gasteiger partial charge in [0, 0.05) is 0 Å². The summed E-state index contributed by atoms with van der Waals surface area (Å²) in [5, 5.41) is 15.1. The Bertz CT molecular complexity index is 123. The monoisotopic (exact) mass is 142 g/mol. The third-order valence-corrected chi connectivity index (χ3v) is 1.46. The minimum atomic E-state index is -0.766. The van der Waals surface area contributed by atoms with E-state index in [-0.39, 0.29) is 5.92 Å². The van der Waals surface area contributed by atoms with Crippen molar-refractivity contribution in [2.24, 2.45) is 5.92 Å². The first-order chi connectivity index (χ1) is 4.72. The van der Waals surface area contributed by atoms with E-state index < -0.39 is 5.97 Å². The molecule has 0 saturated carbocycles. The van der Waals surface area contributed by atoms with Crippen LogP contribution in [0.3, 0.4) is 0 Å². The van der Waals surface area contributed by atoms with Crippen LogP contribution in [0.2, 0.25) is 0 Å². The van der Waals surface area contributed by atoms with Gasteiger partial charge in [0.15, 0.2) is 0 Å². The highest BCUT2D eigenvalue weighted by Gasteiger charge is 2.12. The van der Waals surface area contributed by atoms with Crippen LogP contribution >= 0.6 is 0 Å². The lowest BCUT2D eigenvalue weighted by Gasteiger charge is -2.05. The number of hydrogen-bond acceptors (Lipinski definition) is 2. The second kappa shape index (κ2) is 4.97. The first-order valence-electron chi connectivity index (χ1n) is 3.34. The van der Waals surface area contributed by atoms with Crippen LogP contribution in [-0.2, 0) is 4.79 Å². The first kappa shape index (κ1) is 9.14. The Morgan fingerprint density at radius 3 is 2.70 bits per heavy atom. The van der Waals surface area contributed by atoms with Crippen molar-refractivity contribution >= 4 is 12.2 Å². The second-order valence-corrected chi connectivity index (χ2v) is 2.16. The summed E-state index contributed by atoms with van der Waals surface area (Å²) in [4.78, 5) is 10.3. The summed E-state index contributed by atoms with van der Waals surface area (Å²) in [5.41, 5.74) is 0. The molecule has 10 heavy (non-hydrogen) atoms. The molecular formula is C7H12NO2. The van der Waals surface area contributed by atoms with Crippen LogP contribution in [0.15, 0.2) is 0 Å². The topological polar surface area (TPSA) is 61.2 Å². The maximum absolute atomic E-state index is 10.3. The van der Waals surface area contributed by atoms with Crippen molar-refractivity contribution in [3.05, 3.63) is 0 Å². The molecular weight excluding hydrogens is 130 g/mol. The van der Waals surface area contributed by atoms with Gasteiger partial charge in [0.1, 0.15) is 0 Å². The summed E-state index contributed by atoms with van der Waals surface area (Å²) in [6.45, 7) is 1.84. The lowest BCUT2D eigenvalue weighted by atomic mass is 10.0. The van der Waals surface area contributed by atoms with Crippen LogP contribution in [0.4, 0.5) is 0 Å². The van der Waals surface area contributed by atoms with Gasteiger partial charge in [-0.05, 0) is 19.3 Å². The molecule has 0 aromatic rings. The third kappa shape index (κ3) is 3.22. The Kier molecular flexibility index (Phi) is 4.54. The molecule has 0 amide bonds. The van der Waals surface area contributed by atoms with Crippen LogP contribution in [0.1, 0.15) is 26.2 Å². The second-order valence-electron chi connectivity index (χ2n) is 2.16. The van der Waals surface area contributed by atoms with Crippen molar-refractivity contribution in [1.29, 1.82) is 5.41 Å². The predicted octanol–water partition coefficient (Wildman–Crippen LogP) is 1.40. The number of carboxylic acids is 1. The van der Waals surface area contributed by atoms with Crippen LogP contribution in [0.25, 0.3) is 0 Å². The Hall–Kier alpha value is -0.860.